The van der Waals surface area contributed by atoms with Crippen molar-refractivity contribution in [2.45, 2.75) is 6.92 Å². The van der Waals surface area contributed by atoms with Crippen molar-refractivity contribution in [2.24, 2.45) is 0 Å². The summed E-state index contributed by atoms with van der Waals surface area (Å²) in [6.45, 7) is 1.66. The molecule has 0 amide bonds. The second-order valence-electron chi connectivity index (χ2n) is 4.11. The number of hydrogen-bond donors (Lipinski definition) is 0. The lowest BCUT2D eigenvalue weighted by atomic mass is 10.0. The van der Waals surface area contributed by atoms with Gasteiger partial charge in [-0.15, -0.1) is 0 Å². The first-order valence-electron chi connectivity index (χ1n) is 5.75. The predicted molar refractivity (Wildman–Crippen MR) is 75.9 cm³/mol. The molecule has 0 radical (unpaired) electrons. The van der Waals surface area contributed by atoms with E-state index in [0.29, 0.717) is 16.2 Å². The van der Waals surface area contributed by atoms with Gasteiger partial charge in [-0.2, -0.15) is 5.26 Å². The van der Waals surface area contributed by atoms with Gasteiger partial charge in [0, 0.05) is 11.1 Å². The molecule has 0 fully saturated rings. The van der Waals surface area contributed by atoms with Gasteiger partial charge in [0.2, 0.25) is 0 Å². The highest BCUT2D eigenvalue weighted by atomic mass is 35.5. The van der Waals surface area contributed by atoms with Gasteiger partial charge in [0.15, 0.2) is 0 Å². The van der Waals surface area contributed by atoms with Crippen LogP contribution in [0.4, 0.5) is 4.39 Å². The van der Waals surface area contributed by atoms with E-state index in [-0.39, 0.29) is 5.82 Å². The smallest absolute Gasteiger partial charge is 0.131 e. The van der Waals surface area contributed by atoms with Crippen LogP contribution in [-0.2, 0) is 0 Å². The lowest BCUT2D eigenvalue weighted by Gasteiger charge is -2.05. The Balaban J connectivity index is 2.41. The molecule has 1 nitrogen and oxygen atoms in total. The zero-order chi connectivity index (χ0) is 13.8. The molecule has 0 aliphatic rings. The van der Waals surface area contributed by atoms with Gasteiger partial charge < -0.3 is 0 Å². The summed E-state index contributed by atoms with van der Waals surface area (Å²) in [5, 5.41) is 9.21. The third-order valence-electron chi connectivity index (χ3n) is 2.82. The fourth-order valence-electron chi connectivity index (χ4n) is 1.76. The monoisotopic (exact) mass is 271 g/mol. The van der Waals surface area contributed by atoms with Crippen LogP contribution in [0.3, 0.4) is 0 Å². The minimum atomic E-state index is -0.259. The average Bonchev–Trinajstić information content (AvgIpc) is 2.46. The molecule has 3 heteroatoms. The van der Waals surface area contributed by atoms with Gasteiger partial charge in [-0.1, -0.05) is 54.1 Å². The van der Waals surface area contributed by atoms with Gasteiger partial charge in [0.25, 0.3) is 0 Å². The van der Waals surface area contributed by atoms with E-state index in [4.69, 9.17) is 16.9 Å². The summed E-state index contributed by atoms with van der Waals surface area (Å²) in [7, 11) is 0. The minimum Gasteiger partial charge on any atom is -0.206 e. The second-order valence-corrected chi connectivity index (χ2v) is 4.49. The second kappa shape index (κ2) is 5.69. The van der Waals surface area contributed by atoms with Gasteiger partial charge >= 0.3 is 0 Å². The van der Waals surface area contributed by atoms with Crippen molar-refractivity contribution in [1.82, 2.24) is 0 Å². The van der Waals surface area contributed by atoms with Crippen LogP contribution in [0.25, 0.3) is 16.2 Å². The van der Waals surface area contributed by atoms with E-state index in [1.807, 2.05) is 6.07 Å². The lowest BCUT2D eigenvalue weighted by Crippen LogP contribution is -1.85. The molecule has 0 aliphatic heterocycles. The highest BCUT2D eigenvalue weighted by Crippen LogP contribution is 2.27. The maximum Gasteiger partial charge on any atom is 0.131 e. The van der Waals surface area contributed by atoms with Crippen molar-refractivity contribution < 1.29 is 4.39 Å². The highest BCUT2D eigenvalue weighted by molar-refractivity contribution is 6.49. The van der Waals surface area contributed by atoms with Crippen molar-refractivity contribution in [3.8, 4) is 17.2 Å². The number of allylic oxidation sites excluding steroid dienone is 1. The summed E-state index contributed by atoms with van der Waals surface area (Å²) in [6, 6.07) is 15.8. The maximum absolute atomic E-state index is 13.6. The van der Waals surface area contributed by atoms with Crippen LogP contribution < -0.4 is 0 Å². The number of halogens is 2. The predicted octanol–water partition coefficient (Wildman–Crippen LogP) is 4.99. The maximum atomic E-state index is 13.6. The molecule has 2 rings (SSSR count). The first-order valence-corrected chi connectivity index (χ1v) is 6.13. The van der Waals surface area contributed by atoms with Crippen LogP contribution in [0.2, 0.25) is 0 Å². The first kappa shape index (κ1) is 13.3. The molecule has 0 unspecified atom stereocenters. The Labute approximate surface area is 116 Å². The molecule has 0 aliphatic carbocycles. The number of benzene rings is 2. The normalized spacial score (nSPS) is 11.7. The fourth-order valence-corrected chi connectivity index (χ4v) is 1.93. The minimum absolute atomic E-state index is 0.259. The molecule has 2 aromatic rings. The van der Waals surface area contributed by atoms with Gasteiger partial charge in [0.1, 0.15) is 5.82 Å². The molecule has 0 aromatic heterocycles. The standard InChI is InChI=1S/C16H11ClFN/c1-11(10-19)16(17)13-8-6-12(7-9-13)14-4-2-3-5-15(14)18/h2-9H,1H3/b16-11-. The van der Waals surface area contributed by atoms with Crippen LogP contribution in [-0.4, -0.2) is 0 Å². The zero-order valence-corrected chi connectivity index (χ0v) is 11.1. The largest absolute Gasteiger partial charge is 0.206 e. The van der Waals surface area contributed by atoms with E-state index in [9.17, 15) is 4.39 Å². The fraction of sp³-hybridized carbons (Fsp3) is 0.0625. The van der Waals surface area contributed by atoms with Gasteiger partial charge in [0.05, 0.1) is 11.1 Å². The molecule has 0 atom stereocenters. The van der Waals surface area contributed by atoms with Crippen LogP contribution in [0, 0.1) is 17.1 Å². The molecule has 94 valence electrons. The van der Waals surface area contributed by atoms with Crippen LogP contribution in [0.15, 0.2) is 54.1 Å². The summed E-state index contributed by atoms with van der Waals surface area (Å²) in [4.78, 5) is 0. The van der Waals surface area contributed by atoms with Gasteiger partial charge in [-0.05, 0) is 24.1 Å². The van der Waals surface area contributed by atoms with E-state index >= 15 is 0 Å². The average molecular weight is 272 g/mol. The Morgan fingerprint density at radius 2 is 1.74 bits per heavy atom. The summed E-state index contributed by atoms with van der Waals surface area (Å²) >= 11 is 6.07. The third-order valence-corrected chi connectivity index (χ3v) is 3.32. The number of nitriles is 1. The molecule has 0 saturated carbocycles. The zero-order valence-electron chi connectivity index (χ0n) is 10.3. The van der Waals surface area contributed by atoms with Gasteiger partial charge in [-0.3, -0.25) is 0 Å². The topological polar surface area (TPSA) is 23.8 Å². The van der Waals surface area contributed by atoms with Crippen molar-refractivity contribution in [3.63, 3.8) is 0 Å². The Bertz CT molecular complexity index is 666. The Morgan fingerprint density at radius 3 is 2.32 bits per heavy atom. The van der Waals surface area contributed by atoms with E-state index in [2.05, 4.69) is 0 Å². The molecule has 19 heavy (non-hydrogen) atoms. The number of nitrogens with zero attached hydrogens (tertiary/aromatic N) is 1. The summed E-state index contributed by atoms with van der Waals surface area (Å²) < 4.78 is 13.6. The molecule has 2 aromatic carbocycles. The molecule has 0 saturated heterocycles. The van der Waals surface area contributed by atoms with E-state index in [1.165, 1.54) is 6.07 Å². The van der Waals surface area contributed by atoms with Crippen LogP contribution in [0.5, 0.6) is 0 Å². The number of rotatable bonds is 2. The van der Waals surface area contributed by atoms with Crippen molar-refractivity contribution in [2.75, 3.05) is 0 Å². The SMILES string of the molecule is C/C(C#N)=C(/Cl)c1ccc(-c2ccccc2F)cc1. The van der Waals surface area contributed by atoms with E-state index in [1.54, 1.807) is 49.4 Å². The summed E-state index contributed by atoms with van der Waals surface area (Å²) in [5.41, 5.74) is 2.54. The number of hydrogen-bond acceptors (Lipinski definition) is 1. The molecule has 0 N–H and O–H groups in total. The quantitative estimate of drug-likeness (QED) is 0.706. The van der Waals surface area contributed by atoms with Crippen LogP contribution in [0.1, 0.15) is 12.5 Å². The van der Waals surface area contributed by atoms with Gasteiger partial charge in [-0.25, -0.2) is 4.39 Å². The van der Waals surface area contributed by atoms with Crippen LogP contribution >= 0.6 is 11.6 Å². The Kier molecular flexibility index (Phi) is 3.99. The lowest BCUT2D eigenvalue weighted by molar-refractivity contribution is 0.631. The van der Waals surface area contributed by atoms with E-state index in [0.717, 1.165) is 11.1 Å². The molecular formula is C16H11ClFN. The van der Waals surface area contributed by atoms with E-state index < -0.39 is 0 Å². The molecular weight excluding hydrogens is 261 g/mol. The highest BCUT2D eigenvalue weighted by Gasteiger charge is 2.06. The third kappa shape index (κ3) is 2.83. The first-order chi connectivity index (χ1) is 9.13. The van der Waals surface area contributed by atoms with Crippen molar-refractivity contribution in [1.29, 1.82) is 5.26 Å². The molecule has 0 heterocycles. The summed E-state index contributed by atoms with van der Waals surface area (Å²) in [6.07, 6.45) is 0. The summed E-state index contributed by atoms with van der Waals surface area (Å²) in [5.74, 6) is -0.259. The molecule has 0 bridgehead atoms. The molecule has 0 spiro atoms. The van der Waals surface area contributed by atoms with Crippen molar-refractivity contribution in [3.05, 3.63) is 65.5 Å². The Hall–Kier alpha value is -2.11. The Morgan fingerprint density at radius 1 is 1.11 bits per heavy atom. The van der Waals surface area contributed by atoms with Crippen molar-refractivity contribution >= 4 is 16.6 Å².